The van der Waals surface area contributed by atoms with E-state index in [2.05, 4.69) is 55.6 Å². The van der Waals surface area contributed by atoms with Gasteiger partial charge in [0.05, 0.1) is 24.0 Å². The predicted octanol–water partition coefficient (Wildman–Crippen LogP) is 4.71. The Morgan fingerprint density at radius 2 is 2.03 bits per heavy atom. The van der Waals surface area contributed by atoms with E-state index in [1.54, 1.807) is 11.8 Å². The molecule has 0 bridgehead atoms. The molecule has 0 spiro atoms. The maximum Gasteiger partial charge on any atom is 0.229 e. The first-order valence-electron chi connectivity index (χ1n) is 9.80. The number of amides is 1. The second-order valence-electron chi connectivity index (χ2n) is 7.26. The minimum Gasteiger partial charge on any atom is -0.493 e. The molecule has 0 fully saturated rings. The average Bonchev–Trinajstić information content (AvgIpc) is 3.25. The van der Waals surface area contributed by atoms with Crippen LogP contribution in [0.2, 0.25) is 0 Å². The molecule has 1 N–H and O–H groups in total. The van der Waals surface area contributed by atoms with E-state index >= 15 is 0 Å². The summed E-state index contributed by atoms with van der Waals surface area (Å²) in [5, 5.41) is 9.32. The average molecular weight is 479 g/mol. The third-order valence-electron chi connectivity index (χ3n) is 5.39. The van der Waals surface area contributed by atoms with E-state index < -0.39 is 0 Å². The third-order valence-corrected chi connectivity index (χ3v) is 5.98. The van der Waals surface area contributed by atoms with Gasteiger partial charge in [-0.3, -0.25) is 10.1 Å². The van der Waals surface area contributed by atoms with Crippen molar-refractivity contribution in [2.45, 2.75) is 19.1 Å². The molecule has 7 nitrogen and oxygen atoms in total. The van der Waals surface area contributed by atoms with Crippen LogP contribution in [0.4, 0.5) is 5.95 Å². The zero-order valence-electron chi connectivity index (χ0n) is 16.7. The second-order valence-corrected chi connectivity index (χ2v) is 8.11. The van der Waals surface area contributed by atoms with Crippen molar-refractivity contribution in [3.63, 3.8) is 0 Å². The summed E-state index contributed by atoms with van der Waals surface area (Å²) >= 11 is 3.62. The highest BCUT2D eigenvalue weighted by atomic mass is 79.9. The Bertz CT molecular complexity index is 1280. The van der Waals surface area contributed by atoms with Gasteiger partial charge in [0.25, 0.3) is 0 Å². The number of nitrogens with zero attached hydrogens (tertiary/aromatic N) is 3. The van der Waals surface area contributed by atoms with Crippen molar-refractivity contribution in [1.82, 2.24) is 14.8 Å². The summed E-state index contributed by atoms with van der Waals surface area (Å²) in [5.74, 6) is 1.53. The Kier molecular flexibility index (Phi) is 5.07. The summed E-state index contributed by atoms with van der Waals surface area (Å²) < 4.78 is 14.3. The summed E-state index contributed by atoms with van der Waals surface area (Å²) in [4.78, 5) is 16.2. The molecule has 1 aliphatic rings. The number of benzene rings is 3. The van der Waals surface area contributed by atoms with Crippen molar-refractivity contribution >= 4 is 38.6 Å². The number of nitrogens with one attached hydrogen (secondary N) is 1. The molecule has 0 saturated heterocycles. The Morgan fingerprint density at radius 1 is 1.19 bits per heavy atom. The molecule has 0 saturated carbocycles. The normalized spacial score (nSPS) is 15.4. The molecule has 4 aromatic rings. The van der Waals surface area contributed by atoms with Crippen molar-refractivity contribution in [1.29, 1.82) is 0 Å². The molecule has 1 atom stereocenters. The summed E-state index contributed by atoms with van der Waals surface area (Å²) in [6, 6.07) is 18.0. The topological polar surface area (TPSA) is 78.3 Å². The summed E-state index contributed by atoms with van der Waals surface area (Å²) in [6.07, 6.45) is 1.70. The van der Waals surface area contributed by atoms with E-state index in [-0.39, 0.29) is 18.4 Å². The smallest absolute Gasteiger partial charge is 0.229 e. The van der Waals surface area contributed by atoms with Gasteiger partial charge in [-0.25, -0.2) is 4.68 Å². The number of aromatic nitrogens is 3. The molecule has 5 rings (SSSR count). The van der Waals surface area contributed by atoms with Gasteiger partial charge in [0.1, 0.15) is 12.9 Å². The van der Waals surface area contributed by atoms with Crippen LogP contribution in [0.15, 0.2) is 65.4 Å². The lowest BCUT2D eigenvalue weighted by Crippen LogP contribution is -2.29. The summed E-state index contributed by atoms with van der Waals surface area (Å²) in [6.45, 7) is 0.398. The van der Waals surface area contributed by atoms with Crippen molar-refractivity contribution in [2.75, 3.05) is 12.4 Å². The minimum atomic E-state index is -0.274. The van der Waals surface area contributed by atoms with E-state index in [4.69, 9.17) is 9.47 Å². The number of hydrogen-bond donors (Lipinski definition) is 1. The molecule has 31 heavy (non-hydrogen) atoms. The molecule has 1 aromatic heterocycles. The number of methoxy groups -OCH3 is 1. The van der Waals surface area contributed by atoms with Crippen LogP contribution in [-0.2, 0) is 11.4 Å². The molecule has 3 aromatic carbocycles. The Morgan fingerprint density at radius 3 is 2.90 bits per heavy atom. The van der Waals surface area contributed by atoms with Crippen molar-refractivity contribution in [2.24, 2.45) is 0 Å². The molecule has 1 aliphatic heterocycles. The fourth-order valence-corrected chi connectivity index (χ4v) is 4.48. The largest absolute Gasteiger partial charge is 0.493 e. The standard InChI is InChI=1S/C23H19BrN4O3/c1-30-20-10-16(19-11-21(29)27-23-25-13-26-28(19)23)9-18(24)22(20)31-12-15-7-4-6-14-5-2-3-8-17(14)15/h2-10,13,19H,11-12H2,1H3,(H,25,26,27,29)/t19-/m1/s1. The number of carbonyl (C=O) groups is 1. The first-order chi connectivity index (χ1) is 15.1. The fraction of sp³-hybridized carbons (Fsp3) is 0.174. The molecule has 0 unspecified atom stereocenters. The van der Waals surface area contributed by atoms with E-state index in [9.17, 15) is 4.79 Å². The molecule has 1 amide bonds. The molecular weight excluding hydrogens is 460 g/mol. The first kappa shape index (κ1) is 19.6. The van der Waals surface area contributed by atoms with Crippen LogP contribution in [-0.4, -0.2) is 27.8 Å². The number of anilines is 1. The fourth-order valence-electron chi connectivity index (χ4n) is 3.90. The number of ether oxygens (including phenoxy) is 2. The zero-order chi connectivity index (χ0) is 21.4. The monoisotopic (exact) mass is 478 g/mol. The highest BCUT2D eigenvalue weighted by Crippen LogP contribution is 2.41. The van der Waals surface area contributed by atoms with Crippen molar-refractivity contribution in [3.8, 4) is 11.5 Å². The third kappa shape index (κ3) is 3.63. The van der Waals surface area contributed by atoms with E-state index in [1.807, 2.05) is 30.3 Å². The van der Waals surface area contributed by atoms with Gasteiger partial charge in [0, 0.05) is 0 Å². The lowest BCUT2D eigenvalue weighted by molar-refractivity contribution is -0.117. The maximum absolute atomic E-state index is 12.1. The van der Waals surface area contributed by atoms with Crippen LogP contribution < -0.4 is 14.8 Å². The van der Waals surface area contributed by atoms with Gasteiger partial charge in [0.15, 0.2) is 11.5 Å². The minimum absolute atomic E-state index is 0.100. The number of hydrogen-bond acceptors (Lipinski definition) is 5. The number of halogens is 1. The molecular formula is C23H19BrN4O3. The van der Waals surface area contributed by atoms with E-state index in [0.29, 0.717) is 24.1 Å². The van der Waals surface area contributed by atoms with Crippen LogP contribution in [0.3, 0.4) is 0 Å². The van der Waals surface area contributed by atoms with Crippen molar-refractivity contribution < 1.29 is 14.3 Å². The van der Waals surface area contributed by atoms with Gasteiger partial charge in [-0.15, -0.1) is 0 Å². The van der Waals surface area contributed by atoms with Crippen LogP contribution >= 0.6 is 15.9 Å². The van der Waals surface area contributed by atoms with Gasteiger partial charge in [-0.05, 0) is 50.0 Å². The number of rotatable bonds is 5. The van der Waals surface area contributed by atoms with Crippen LogP contribution in [0, 0.1) is 0 Å². The van der Waals surface area contributed by atoms with Gasteiger partial charge in [-0.2, -0.15) is 10.1 Å². The highest BCUT2D eigenvalue weighted by molar-refractivity contribution is 9.10. The summed E-state index contributed by atoms with van der Waals surface area (Å²) in [5.41, 5.74) is 1.97. The first-order valence-corrected chi connectivity index (χ1v) is 10.6. The zero-order valence-corrected chi connectivity index (χ0v) is 18.3. The SMILES string of the molecule is COc1cc([C@H]2CC(=O)Nc3ncnn32)cc(Br)c1OCc1cccc2ccccc12. The quantitative estimate of drug-likeness (QED) is 0.449. The Balaban J connectivity index is 1.47. The molecule has 156 valence electrons. The molecule has 8 heteroatoms. The second kappa shape index (κ2) is 8.03. The molecule has 0 aliphatic carbocycles. The highest BCUT2D eigenvalue weighted by Gasteiger charge is 2.29. The maximum atomic E-state index is 12.1. The predicted molar refractivity (Wildman–Crippen MR) is 120 cm³/mol. The lowest BCUT2D eigenvalue weighted by Gasteiger charge is -2.25. The Labute approximate surface area is 187 Å². The molecule has 2 heterocycles. The van der Waals surface area contributed by atoms with Crippen LogP contribution in [0.5, 0.6) is 11.5 Å². The summed E-state index contributed by atoms with van der Waals surface area (Å²) in [7, 11) is 1.60. The van der Waals surface area contributed by atoms with Gasteiger partial charge >= 0.3 is 0 Å². The van der Waals surface area contributed by atoms with E-state index in [1.165, 1.54) is 11.7 Å². The molecule has 0 radical (unpaired) electrons. The van der Waals surface area contributed by atoms with Crippen LogP contribution in [0.25, 0.3) is 10.8 Å². The van der Waals surface area contributed by atoms with Crippen molar-refractivity contribution in [3.05, 3.63) is 76.5 Å². The number of carbonyl (C=O) groups excluding carboxylic acids is 1. The number of fused-ring (bicyclic) bond motifs is 2. The Hall–Kier alpha value is -3.39. The van der Waals surface area contributed by atoms with Gasteiger partial charge in [-0.1, -0.05) is 42.5 Å². The van der Waals surface area contributed by atoms with E-state index in [0.717, 1.165) is 21.0 Å². The van der Waals surface area contributed by atoms with Crippen LogP contribution in [0.1, 0.15) is 23.6 Å². The van der Waals surface area contributed by atoms with Gasteiger partial charge in [0.2, 0.25) is 11.9 Å². The lowest BCUT2D eigenvalue weighted by atomic mass is 10.0. The van der Waals surface area contributed by atoms with Gasteiger partial charge < -0.3 is 9.47 Å².